The Bertz CT molecular complexity index is 1420. The molecule has 0 radical (unpaired) electrons. The molecule has 10 heteroatoms. The minimum atomic E-state index is -3.84. The molecule has 0 spiro atoms. The summed E-state index contributed by atoms with van der Waals surface area (Å²) in [5.41, 5.74) is 0.238. The number of ketones is 1. The molecule has 1 aliphatic heterocycles. The van der Waals surface area contributed by atoms with Crippen LogP contribution in [0.4, 0.5) is 0 Å². The molecule has 0 bridgehead atoms. The first-order valence-corrected chi connectivity index (χ1v) is 14.3. The molecule has 2 aromatic heterocycles. The minimum Gasteiger partial charge on any atom is -0.450 e. The molecular formula is C27H34N4O5S. The minimum absolute atomic E-state index is 0.119. The average molecular weight is 527 g/mol. The number of rotatable bonds is 9. The van der Waals surface area contributed by atoms with Crippen LogP contribution in [0.1, 0.15) is 77.3 Å². The first kappa shape index (κ1) is 26.9. The molecule has 3 heterocycles. The average Bonchev–Trinajstić information content (AvgIpc) is 3.38. The molecule has 0 saturated carbocycles. The molecule has 9 nitrogen and oxygen atoms in total. The van der Waals surface area contributed by atoms with Gasteiger partial charge in [0.2, 0.25) is 9.84 Å². The highest BCUT2D eigenvalue weighted by Crippen LogP contribution is 2.48. The van der Waals surface area contributed by atoms with E-state index in [1.54, 1.807) is 18.2 Å². The number of imidazole rings is 1. The normalized spacial score (nSPS) is 18.8. The van der Waals surface area contributed by atoms with Gasteiger partial charge in [-0.2, -0.15) is 0 Å². The Morgan fingerprint density at radius 1 is 1.08 bits per heavy atom. The van der Waals surface area contributed by atoms with Crippen molar-refractivity contribution in [1.29, 1.82) is 0 Å². The number of carbonyl (C=O) groups is 2. The molecule has 1 fully saturated rings. The van der Waals surface area contributed by atoms with Crippen LogP contribution in [0.3, 0.4) is 0 Å². The first-order valence-electron chi connectivity index (χ1n) is 12.7. The number of aromatic amines is 1. The van der Waals surface area contributed by atoms with Gasteiger partial charge >= 0.3 is 5.97 Å². The number of benzene rings is 1. The number of cyclic esters (lactones) is 1. The lowest BCUT2D eigenvalue weighted by Gasteiger charge is -2.34. The van der Waals surface area contributed by atoms with Gasteiger partial charge in [-0.25, -0.2) is 23.4 Å². The summed E-state index contributed by atoms with van der Waals surface area (Å²) in [6.07, 6.45) is 5.01. The molecule has 1 N–H and O–H groups in total. The van der Waals surface area contributed by atoms with Crippen molar-refractivity contribution in [1.82, 2.24) is 19.9 Å². The molecule has 1 saturated heterocycles. The Kier molecular flexibility index (Phi) is 7.25. The van der Waals surface area contributed by atoms with Crippen LogP contribution >= 0.6 is 0 Å². The van der Waals surface area contributed by atoms with Crippen LogP contribution in [0, 0.1) is 11.3 Å². The lowest BCUT2D eigenvalue weighted by atomic mass is 9.66. The van der Waals surface area contributed by atoms with Gasteiger partial charge in [0, 0.05) is 5.92 Å². The summed E-state index contributed by atoms with van der Waals surface area (Å²) in [6.45, 7) is 9.91. The smallest absolute Gasteiger partial charge is 0.318 e. The van der Waals surface area contributed by atoms with E-state index in [-0.39, 0.29) is 27.7 Å². The number of sulfone groups is 1. The monoisotopic (exact) mass is 526 g/mol. The molecule has 1 aliphatic rings. The van der Waals surface area contributed by atoms with E-state index >= 15 is 0 Å². The maximum Gasteiger partial charge on any atom is 0.318 e. The Hall–Kier alpha value is -3.14. The molecule has 198 valence electrons. The Balaban J connectivity index is 1.71. The standard InChI is InChI=1S/C27H34N4O5S/c1-6-11-27(12-7-2)22(32)19(25(33)36-27)20(26(3,4)5)18-10-8-9-17(13-18)14-37(34,35)24-21-23(29-15-28-21)30-16-31-24/h8-10,13,15-16,19-20H,6-7,11-12,14H2,1-5H3,(H,28,29,30,31). The third-order valence-electron chi connectivity index (χ3n) is 7.01. The maximum absolute atomic E-state index is 13.8. The topological polar surface area (TPSA) is 132 Å². The van der Waals surface area contributed by atoms with Gasteiger partial charge in [-0.05, 0) is 29.4 Å². The van der Waals surface area contributed by atoms with Gasteiger partial charge in [0.1, 0.15) is 17.8 Å². The Labute approximate surface area is 217 Å². The maximum atomic E-state index is 13.8. The van der Waals surface area contributed by atoms with Crippen molar-refractivity contribution in [3.63, 3.8) is 0 Å². The van der Waals surface area contributed by atoms with Crippen LogP contribution < -0.4 is 0 Å². The molecule has 4 rings (SSSR count). The van der Waals surface area contributed by atoms with E-state index in [9.17, 15) is 18.0 Å². The quantitative estimate of drug-likeness (QED) is 0.244. The number of hydrogen-bond donors (Lipinski definition) is 1. The van der Waals surface area contributed by atoms with Gasteiger partial charge in [0.15, 0.2) is 22.1 Å². The van der Waals surface area contributed by atoms with Crippen LogP contribution in [0.15, 0.2) is 41.9 Å². The molecule has 37 heavy (non-hydrogen) atoms. The van der Waals surface area contributed by atoms with Gasteiger partial charge in [-0.15, -0.1) is 0 Å². The van der Waals surface area contributed by atoms with E-state index in [4.69, 9.17) is 4.74 Å². The summed E-state index contributed by atoms with van der Waals surface area (Å²) < 4.78 is 32.5. The van der Waals surface area contributed by atoms with Crippen LogP contribution in [-0.2, 0) is 29.9 Å². The molecule has 2 atom stereocenters. The number of fused-ring (bicyclic) bond motifs is 1. The summed E-state index contributed by atoms with van der Waals surface area (Å²) in [4.78, 5) is 41.9. The zero-order valence-corrected chi connectivity index (χ0v) is 22.8. The van der Waals surface area contributed by atoms with Crippen molar-refractivity contribution in [3.05, 3.63) is 48.0 Å². The van der Waals surface area contributed by atoms with Gasteiger partial charge in [0.25, 0.3) is 0 Å². The van der Waals surface area contributed by atoms with E-state index in [0.717, 1.165) is 18.4 Å². The highest BCUT2D eigenvalue weighted by Gasteiger charge is 2.58. The molecule has 2 unspecified atom stereocenters. The van der Waals surface area contributed by atoms with Crippen LogP contribution in [0.5, 0.6) is 0 Å². The zero-order chi connectivity index (χ0) is 27.0. The molecular weight excluding hydrogens is 492 g/mol. The molecule has 0 aliphatic carbocycles. The van der Waals surface area contributed by atoms with Gasteiger partial charge < -0.3 is 9.72 Å². The molecule has 0 amide bonds. The van der Waals surface area contributed by atoms with Crippen LogP contribution in [0.2, 0.25) is 0 Å². The SMILES string of the molecule is CCCC1(CCC)OC(=O)C(C(c2cccc(CS(=O)(=O)c3ncnc4nc[nH]c34)c2)C(C)(C)C)C1=O. The summed E-state index contributed by atoms with van der Waals surface area (Å²) in [5, 5.41) is -0.119. The second-order valence-electron chi connectivity index (χ2n) is 10.9. The van der Waals surface area contributed by atoms with E-state index in [2.05, 4.69) is 19.9 Å². The number of carbonyl (C=O) groups excluding carboxylic acids is 2. The zero-order valence-electron chi connectivity index (χ0n) is 21.9. The fourth-order valence-corrected chi connectivity index (χ4v) is 7.02. The second kappa shape index (κ2) is 9.96. The first-order chi connectivity index (χ1) is 17.4. The third kappa shape index (κ3) is 5.03. The van der Waals surface area contributed by atoms with E-state index in [0.29, 0.717) is 18.4 Å². The number of esters is 1. The largest absolute Gasteiger partial charge is 0.450 e. The summed E-state index contributed by atoms with van der Waals surface area (Å²) in [5.74, 6) is -2.39. The lowest BCUT2D eigenvalue weighted by molar-refractivity contribution is -0.154. The number of nitrogens with one attached hydrogen (secondary N) is 1. The fourth-order valence-electron chi connectivity index (χ4n) is 5.60. The van der Waals surface area contributed by atoms with Crippen molar-refractivity contribution >= 4 is 32.8 Å². The van der Waals surface area contributed by atoms with E-state index in [1.807, 2.05) is 40.7 Å². The van der Waals surface area contributed by atoms with Crippen molar-refractivity contribution in [3.8, 4) is 0 Å². The highest BCUT2D eigenvalue weighted by atomic mass is 32.2. The number of aromatic nitrogens is 4. The van der Waals surface area contributed by atoms with Crippen molar-refractivity contribution < 1.29 is 22.7 Å². The predicted octanol–water partition coefficient (Wildman–Crippen LogP) is 4.54. The highest BCUT2D eigenvalue weighted by molar-refractivity contribution is 7.90. The van der Waals surface area contributed by atoms with Gasteiger partial charge in [-0.3, -0.25) is 9.59 Å². The Morgan fingerprint density at radius 2 is 1.78 bits per heavy atom. The third-order valence-corrected chi connectivity index (χ3v) is 8.62. The number of ether oxygens (including phenoxy) is 1. The van der Waals surface area contributed by atoms with Crippen molar-refractivity contribution in [2.75, 3.05) is 0 Å². The summed E-state index contributed by atoms with van der Waals surface area (Å²) in [7, 11) is -3.84. The van der Waals surface area contributed by atoms with E-state index < -0.39 is 38.7 Å². The van der Waals surface area contributed by atoms with Crippen LogP contribution in [-0.4, -0.2) is 45.7 Å². The number of nitrogens with zero attached hydrogens (tertiary/aromatic N) is 3. The number of H-pyrrole nitrogens is 1. The van der Waals surface area contributed by atoms with E-state index in [1.165, 1.54) is 12.7 Å². The number of hydrogen-bond acceptors (Lipinski definition) is 8. The summed E-state index contributed by atoms with van der Waals surface area (Å²) in [6, 6.07) is 7.11. The molecule has 3 aromatic rings. The van der Waals surface area contributed by atoms with Crippen molar-refractivity contribution in [2.24, 2.45) is 11.3 Å². The predicted molar refractivity (Wildman–Crippen MR) is 138 cm³/mol. The van der Waals surface area contributed by atoms with Gasteiger partial charge in [-0.1, -0.05) is 71.7 Å². The Morgan fingerprint density at radius 3 is 2.43 bits per heavy atom. The molecule has 1 aromatic carbocycles. The van der Waals surface area contributed by atoms with Crippen LogP contribution in [0.25, 0.3) is 11.2 Å². The second-order valence-corrected chi connectivity index (χ2v) is 12.8. The fraction of sp³-hybridized carbons (Fsp3) is 0.519. The lowest BCUT2D eigenvalue weighted by Crippen LogP contribution is -2.40. The van der Waals surface area contributed by atoms with Gasteiger partial charge in [0.05, 0.1) is 12.1 Å². The number of Topliss-reactive ketones (excluding diaryl/α,β-unsaturated/α-hetero) is 1. The summed E-state index contributed by atoms with van der Waals surface area (Å²) >= 11 is 0. The van der Waals surface area contributed by atoms with Crippen molar-refractivity contribution in [2.45, 2.75) is 82.6 Å².